The van der Waals surface area contributed by atoms with Crippen LogP contribution in [0.2, 0.25) is 0 Å². The van der Waals surface area contributed by atoms with E-state index in [0.29, 0.717) is 32.3 Å². The van der Waals surface area contributed by atoms with Gasteiger partial charge in [-0.1, -0.05) is 0 Å². The summed E-state index contributed by atoms with van der Waals surface area (Å²) in [7, 11) is 1.69. The topological polar surface area (TPSA) is 40.6 Å². The second-order valence-corrected chi connectivity index (χ2v) is 4.59. The van der Waals surface area contributed by atoms with Crippen molar-refractivity contribution in [3.05, 3.63) is 16.1 Å². The molecule has 0 atom stereocenters. The number of thiazole rings is 1. The van der Waals surface area contributed by atoms with Crippen molar-refractivity contribution in [3.63, 3.8) is 0 Å². The number of hydrogen-bond donors (Lipinski definition) is 0. The Morgan fingerprint density at radius 1 is 1.24 bits per heavy atom. The smallest absolute Gasteiger partial charge is 0.119 e. The van der Waals surface area contributed by atoms with E-state index in [4.69, 9.17) is 25.8 Å². The minimum atomic E-state index is 0.457. The zero-order valence-corrected chi connectivity index (χ0v) is 11.6. The highest BCUT2D eigenvalue weighted by atomic mass is 35.5. The SMILES string of the molecule is COCCCOCCOCc1nc(CCl)cs1. The predicted molar refractivity (Wildman–Crippen MR) is 68.6 cm³/mol. The first kappa shape index (κ1) is 14.9. The summed E-state index contributed by atoms with van der Waals surface area (Å²) in [5.41, 5.74) is 0.908. The van der Waals surface area contributed by atoms with Gasteiger partial charge in [0.25, 0.3) is 0 Å². The highest BCUT2D eigenvalue weighted by molar-refractivity contribution is 7.09. The quantitative estimate of drug-likeness (QED) is 0.487. The third-order valence-corrected chi connectivity index (χ3v) is 3.12. The summed E-state index contributed by atoms with van der Waals surface area (Å²) in [6.07, 6.45) is 0.919. The third kappa shape index (κ3) is 6.95. The molecule has 0 saturated heterocycles. The third-order valence-electron chi connectivity index (χ3n) is 1.97. The molecule has 0 spiro atoms. The fourth-order valence-electron chi connectivity index (χ4n) is 1.16. The van der Waals surface area contributed by atoms with E-state index in [9.17, 15) is 0 Å². The second-order valence-electron chi connectivity index (χ2n) is 3.38. The average Bonchev–Trinajstić information content (AvgIpc) is 2.80. The number of rotatable bonds is 10. The van der Waals surface area contributed by atoms with Crippen molar-refractivity contribution in [1.29, 1.82) is 0 Å². The minimum Gasteiger partial charge on any atom is -0.385 e. The van der Waals surface area contributed by atoms with E-state index in [1.54, 1.807) is 18.4 Å². The number of alkyl halides is 1. The highest BCUT2D eigenvalue weighted by Gasteiger charge is 2.00. The maximum atomic E-state index is 5.66. The summed E-state index contributed by atoms with van der Waals surface area (Å²) in [5, 5.41) is 2.91. The number of nitrogens with zero attached hydrogens (tertiary/aromatic N) is 1. The van der Waals surface area contributed by atoms with Gasteiger partial charge in [0.1, 0.15) is 5.01 Å². The Bertz CT molecular complexity index is 296. The maximum Gasteiger partial charge on any atom is 0.119 e. The average molecular weight is 280 g/mol. The predicted octanol–water partition coefficient (Wildman–Crippen LogP) is 2.45. The molecule has 6 heteroatoms. The van der Waals surface area contributed by atoms with Gasteiger partial charge in [0.05, 0.1) is 31.4 Å². The van der Waals surface area contributed by atoms with Gasteiger partial charge in [0, 0.05) is 25.7 Å². The molecule has 17 heavy (non-hydrogen) atoms. The summed E-state index contributed by atoms with van der Waals surface area (Å²) in [6.45, 7) is 3.18. The molecule has 0 fully saturated rings. The highest BCUT2D eigenvalue weighted by Crippen LogP contribution is 2.12. The minimum absolute atomic E-state index is 0.457. The Balaban J connectivity index is 1.93. The van der Waals surface area contributed by atoms with Gasteiger partial charge in [-0.05, 0) is 6.42 Å². The van der Waals surface area contributed by atoms with E-state index in [1.165, 1.54) is 0 Å². The van der Waals surface area contributed by atoms with Crippen LogP contribution in [0.4, 0.5) is 0 Å². The molecule has 1 heterocycles. The molecule has 98 valence electrons. The second kappa shape index (κ2) is 9.79. The van der Waals surface area contributed by atoms with Crippen LogP contribution >= 0.6 is 22.9 Å². The first-order valence-electron chi connectivity index (χ1n) is 5.50. The van der Waals surface area contributed by atoms with Gasteiger partial charge >= 0.3 is 0 Å². The van der Waals surface area contributed by atoms with Crippen LogP contribution in [0.15, 0.2) is 5.38 Å². The van der Waals surface area contributed by atoms with Gasteiger partial charge in [-0.3, -0.25) is 0 Å². The first-order chi connectivity index (χ1) is 8.36. The molecule has 1 rings (SSSR count). The van der Waals surface area contributed by atoms with Gasteiger partial charge in [0.15, 0.2) is 0 Å². The number of ether oxygens (including phenoxy) is 3. The summed E-state index contributed by atoms with van der Waals surface area (Å²) < 4.78 is 15.7. The van der Waals surface area contributed by atoms with Crippen molar-refractivity contribution >= 4 is 22.9 Å². The lowest BCUT2D eigenvalue weighted by Gasteiger charge is -2.04. The molecular weight excluding hydrogens is 262 g/mol. The number of halogens is 1. The van der Waals surface area contributed by atoms with Gasteiger partial charge < -0.3 is 14.2 Å². The van der Waals surface area contributed by atoms with Crippen molar-refractivity contribution in [3.8, 4) is 0 Å². The molecule has 0 bridgehead atoms. The van der Waals surface area contributed by atoms with Crippen molar-refractivity contribution in [1.82, 2.24) is 4.98 Å². The summed E-state index contributed by atoms with van der Waals surface area (Å²) in [5.74, 6) is 0.457. The molecular formula is C11H18ClNO3S. The molecule has 0 aliphatic carbocycles. The van der Waals surface area contributed by atoms with Crippen LogP contribution in [0.3, 0.4) is 0 Å². The molecule has 0 saturated carbocycles. The van der Waals surface area contributed by atoms with E-state index in [0.717, 1.165) is 23.7 Å². The zero-order chi connectivity index (χ0) is 12.3. The molecule has 1 aromatic rings. The Hall–Kier alpha value is -0.200. The van der Waals surface area contributed by atoms with Crippen molar-refractivity contribution < 1.29 is 14.2 Å². The van der Waals surface area contributed by atoms with Crippen LogP contribution in [-0.4, -0.2) is 38.5 Å². The van der Waals surface area contributed by atoms with E-state index >= 15 is 0 Å². The fourth-order valence-corrected chi connectivity index (χ4v) is 2.12. The molecule has 0 aliphatic heterocycles. The maximum absolute atomic E-state index is 5.66. The number of hydrogen-bond acceptors (Lipinski definition) is 5. The lowest BCUT2D eigenvalue weighted by atomic mass is 10.5. The van der Waals surface area contributed by atoms with Gasteiger partial charge in [0.2, 0.25) is 0 Å². The molecule has 1 aromatic heterocycles. The van der Waals surface area contributed by atoms with E-state index < -0.39 is 0 Å². The molecule has 0 radical (unpaired) electrons. The van der Waals surface area contributed by atoms with Gasteiger partial charge in [-0.2, -0.15) is 0 Å². The van der Waals surface area contributed by atoms with Crippen LogP contribution in [0.1, 0.15) is 17.1 Å². The molecule has 0 aromatic carbocycles. The summed E-state index contributed by atoms with van der Waals surface area (Å²) in [4.78, 5) is 4.29. The van der Waals surface area contributed by atoms with Crippen molar-refractivity contribution in [2.45, 2.75) is 18.9 Å². The van der Waals surface area contributed by atoms with Crippen LogP contribution in [0.25, 0.3) is 0 Å². The largest absolute Gasteiger partial charge is 0.385 e. The number of aromatic nitrogens is 1. The normalized spacial score (nSPS) is 10.9. The van der Waals surface area contributed by atoms with Crippen LogP contribution in [0, 0.1) is 0 Å². The zero-order valence-electron chi connectivity index (χ0n) is 9.99. The molecule has 0 amide bonds. The molecule has 0 unspecified atom stereocenters. The fraction of sp³-hybridized carbons (Fsp3) is 0.727. The number of methoxy groups -OCH3 is 1. The van der Waals surface area contributed by atoms with Crippen molar-refractivity contribution in [2.75, 3.05) is 33.5 Å². The first-order valence-corrected chi connectivity index (χ1v) is 6.92. The van der Waals surface area contributed by atoms with Crippen LogP contribution in [0.5, 0.6) is 0 Å². The molecule has 0 N–H and O–H groups in total. The lowest BCUT2D eigenvalue weighted by Crippen LogP contribution is -2.06. The van der Waals surface area contributed by atoms with Crippen LogP contribution in [-0.2, 0) is 26.7 Å². The van der Waals surface area contributed by atoms with E-state index in [-0.39, 0.29) is 0 Å². The van der Waals surface area contributed by atoms with E-state index in [1.807, 2.05) is 5.38 Å². The Morgan fingerprint density at radius 3 is 2.76 bits per heavy atom. The summed E-state index contributed by atoms with van der Waals surface area (Å²) >= 11 is 7.23. The van der Waals surface area contributed by atoms with Crippen LogP contribution < -0.4 is 0 Å². The lowest BCUT2D eigenvalue weighted by molar-refractivity contribution is 0.0336. The van der Waals surface area contributed by atoms with Gasteiger partial charge in [-0.15, -0.1) is 22.9 Å². The van der Waals surface area contributed by atoms with Crippen molar-refractivity contribution in [2.24, 2.45) is 0 Å². The Labute approximate surface area is 111 Å². The Morgan fingerprint density at radius 2 is 2.06 bits per heavy atom. The Kier molecular flexibility index (Phi) is 8.56. The van der Waals surface area contributed by atoms with E-state index in [2.05, 4.69) is 4.98 Å². The monoisotopic (exact) mass is 279 g/mol. The molecule has 4 nitrogen and oxygen atoms in total. The molecule has 0 aliphatic rings. The standard InChI is InChI=1S/C11H18ClNO3S/c1-14-3-2-4-15-5-6-16-8-11-13-10(7-12)9-17-11/h9H,2-8H2,1H3. The van der Waals surface area contributed by atoms with Gasteiger partial charge in [-0.25, -0.2) is 4.98 Å². The summed E-state index contributed by atoms with van der Waals surface area (Å²) in [6, 6.07) is 0.